The van der Waals surface area contributed by atoms with E-state index in [9.17, 15) is 9.59 Å². The van der Waals surface area contributed by atoms with Gasteiger partial charge in [-0.05, 0) is 12.5 Å². The molecule has 7 nitrogen and oxygen atoms in total. The van der Waals surface area contributed by atoms with Crippen LogP contribution in [0.25, 0.3) is 0 Å². The third-order valence-electron chi connectivity index (χ3n) is 4.64. The van der Waals surface area contributed by atoms with Crippen LogP contribution in [0.1, 0.15) is 30.7 Å². The fourth-order valence-corrected chi connectivity index (χ4v) is 3.43. The number of methoxy groups -OCH3 is 3. The predicted octanol–water partition coefficient (Wildman–Crippen LogP) is 2.17. The van der Waals surface area contributed by atoms with Gasteiger partial charge in [-0.2, -0.15) is 0 Å². The van der Waals surface area contributed by atoms with E-state index in [-0.39, 0.29) is 17.2 Å². The Morgan fingerprint density at radius 3 is 2.62 bits per heavy atom. The number of carbonyl (C=O) groups is 2. The van der Waals surface area contributed by atoms with Crippen LogP contribution in [0, 0.1) is 0 Å². The molecule has 0 amide bonds. The molecule has 0 saturated heterocycles. The van der Waals surface area contributed by atoms with Crippen molar-refractivity contribution >= 4 is 11.8 Å². The number of benzene rings is 1. The fourth-order valence-electron chi connectivity index (χ4n) is 3.43. The van der Waals surface area contributed by atoms with Crippen LogP contribution < -0.4 is 15.2 Å². The van der Waals surface area contributed by atoms with Crippen molar-refractivity contribution in [2.24, 2.45) is 5.73 Å². The molecule has 1 aromatic carbocycles. The number of carbonyl (C=O) groups excluding carboxylic acids is 2. The summed E-state index contributed by atoms with van der Waals surface area (Å²) in [5.41, 5.74) is 7.20. The van der Waals surface area contributed by atoms with Gasteiger partial charge in [-0.25, -0.2) is 4.79 Å². The molecule has 1 unspecified atom stereocenters. The van der Waals surface area contributed by atoms with Crippen LogP contribution in [0.4, 0.5) is 0 Å². The first-order valence-electron chi connectivity index (χ1n) is 8.25. The van der Waals surface area contributed by atoms with Gasteiger partial charge in [0, 0.05) is 30.0 Å². The highest BCUT2D eigenvalue weighted by Gasteiger charge is 2.42. The number of esters is 1. The molecule has 7 heteroatoms. The number of hydrogen-bond acceptors (Lipinski definition) is 7. The molecular weight excluding hydrogens is 338 g/mol. The lowest BCUT2D eigenvalue weighted by molar-refractivity contribution is -0.136. The number of rotatable bonds is 4. The van der Waals surface area contributed by atoms with Crippen molar-refractivity contribution in [1.82, 2.24) is 0 Å². The van der Waals surface area contributed by atoms with Crippen molar-refractivity contribution in [3.8, 4) is 11.5 Å². The van der Waals surface area contributed by atoms with Crippen LogP contribution in [0.3, 0.4) is 0 Å². The predicted molar refractivity (Wildman–Crippen MR) is 92.5 cm³/mol. The first-order valence-corrected chi connectivity index (χ1v) is 8.25. The quantitative estimate of drug-likeness (QED) is 0.823. The van der Waals surface area contributed by atoms with E-state index in [4.69, 9.17) is 24.7 Å². The molecule has 0 bridgehead atoms. The highest BCUT2D eigenvalue weighted by Crippen LogP contribution is 2.47. The molecule has 0 radical (unpaired) electrons. The van der Waals surface area contributed by atoms with Gasteiger partial charge in [0.2, 0.25) is 5.88 Å². The highest BCUT2D eigenvalue weighted by atomic mass is 16.5. The van der Waals surface area contributed by atoms with Crippen molar-refractivity contribution in [1.29, 1.82) is 0 Å². The topological polar surface area (TPSA) is 97.1 Å². The minimum absolute atomic E-state index is 0.0480. The average Bonchev–Trinajstić information content (AvgIpc) is 2.66. The minimum Gasteiger partial charge on any atom is -0.497 e. The van der Waals surface area contributed by atoms with E-state index in [1.54, 1.807) is 25.3 Å². The molecule has 1 aliphatic heterocycles. The van der Waals surface area contributed by atoms with Crippen molar-refractivity contribution in [3.63, 3.8) is 0 Å². The molecule has 0 fully saturated rings. The van der Waals surface area contributed by atoms with Crippen LogP contribution in [-0.2, 0) is 19.1 Å². The van der Waals surface area contributed by atoms with Gasteiger partial charge in [0.15, 0.2) is 5.78 Å². The standard InChI is InChI=1S/C19H21NO6/c1-23-10-7-8-11(14(9-10)24-2)15-16-12(21)5-4-6-13(16)26-18(20)17(15)19(22)25-3/h7-9,15H,4-6,20H2,1-3H3. The van der Waals surface area contributed by atoms with Crippen molar-refractivity contribution in [2.75, 3.05) is 21.3 Å². The third-order valence-corrected chi connectivity index (χ3v) is 4.64. The summed E-state index contributed by atoms with van der Waals surface area (Å²) in [5, 5.41) is 0. The summed E-state index contributed by atoms with van der Waals surface area (Å²) in [7, 11) is 4.32. The SMILES string of the molecule is COC(=O)C1=C(N)OC2=C(C(=O)CCC2)C1c1ccc(OC)cc1OC. The lowest BCUT2D eigenvalue weighted by Crippen LogP contribution is -2.31. The second kappa shape index (κ2) is 7.11. The summed E-state index contributed by atoms with van der Waals surface area (Å²) in [6.45, 7) is 0. The zero-order valence-electron chi connectivity index (χ0n) is 15.0. The second-order valence-corrected chi connectivity index (χ2v) is 6.03. The maximum absolute atomic E-state index is 12.7. The van der Waals surface area contributed by atoms with E-state index < -0.39 is 11.9 Å². The summed E-state index contributed by atoms with van der Waals surface area (Å²) in [4.78, 5) is 25.1. The molecule has 3 rings (SSSR count). The minimum atomic E-state index is -0.708. The number of allylic oxidation sites excluding steroid dienone is 2. The van der Waals surface area contributed by atoms with Gasteiger partial charge < -0.3 is 24.7 Å². The Morgan fingerprint density at radius 2 is 1.96 bits per heavy atom. The molecule has 0 saturated carbocycles. The molecule has 1 atom stereocenters. The Bertz CT molecular complexity index is 823. The molecule has 0 spiro atoms. The summed E-state index contributed by atoms with van der Waals surface area (Å²) in [6, 6.07) is 5.20. The number of ether oxygens (including phenoxy) is 4. The van der Waals surface area contributed by atoms with E-state index >= 15 is 0 Å². The third kappa shape index (κ3) is 2.89. The van der Waals surface area contributed by atoms with Crippen molar-refractivity contribution < 1.29 is 28.5 Å². The maximum Gasteiger partial charge on any atom is 0.340 e. The van der Waals surface area contributed by atoms with E-state index in [0.717, 1.165) is 0 Å². The molecule has 0 aromatic heterocycles. The second-order valence-electron chi connectivity index (χ2n) is 6.03. The molecule has 1 aromatic rings. The molecule has 1 heterocycles. The molecule has 1 aliphatic carbocycles. The van der Waals surface area contributed by atoms with Crippen molar-refractivity contribution in [2.45, 2.75) is 25.2 Å². The molecule has 2 N–H and O–H groups in total. The van der Waals surface area contributed by atoms with Crippen LogP contribution >= 0.6 is 0 Å². The van der Waals surface area contributed by atoms with E-state index in [1.807, 2.05) is 0 Å². The van der Waals surface area contributed by atoms with Crippen molar-refractivity contribution in [3.05, 3.63) is 46.6 Å². The van der Waals surface area contributed by atoms with Crippen LogP contribution in [-0.4, -0.2) is 33.1 Å². The Labute approximate surface area is 151 Å². The number of Topliss-reactive ketones (excluding diaryl/α,β-unsaturated/α-hetero) is 1. The highest BCUT2D eigenvalue weighted by molar-refractivity contribution is 6.03. The van der Waals surface area contributed by atoms with Gasteiger partial charge in [0.05, 0.1) is 27.2 Å². The largest absolute Gasteiger partial charge is 0.497 e. The summed E-state index contributed by atoms with van der Waals surface area (Å²) in [6.07, 6.45) is 1.67. The number of nitrogens with two attached hydrogens (primary N) is 1. The van der Waals surface area contributed by atoms with Gasteiger partial charge in [-0.3, -0.25) is 4.79 Å². The Morgan fingerprint density at radius 1 is 1.19 bits per heavy atom. The first kappa shape index (κ1) is 17.8. The van der Waals surface area contributed by atoms with Gasteiger partial charge in [-0.1, -0.05) is 6.07 Å². The fraction of sp³-hybridized carbons (Fsp3) is 0.368. The maximum atomic E-state index is 12.7. The number of ketones is 1. The van der Waals surface area contributed by atoms with E-state index in [2.05, 4.69) is 0 Å². The lowest BCUT2D eigenvalue weighted by Gasteiger charge is -2.32. The van der Waals surface area contributed by atoms with Crippen LogP contribution in [0.5, 0.6) is 11.5 Å². The van der Waals surface area contributed by atoms with E-state index in [1.165, 1.54) is 14.2 Å². The van der Waals surface area contributed by atoms with Gasteiger partial charge in [0.1, 0.15) is 22.8 Å². The average molecular weight is 359 g/mol. The van der Waals surface area contributed by atoms with Crippen LogP contribution in [0.2, 0.25) is 0 Å². The van der Waals surface area contributed by atoms with Gasteiger partial charge in [0.25, 0.3) is 0 Å². The Balaban J connectivity index is 2.24. The molecule has 26 heavy (non-hydrogen) atoms. The normalized spacial score (nSPS) is 19.7. The Hall–Kier alpha value is -2.96. The summed E-state index contributed by atoms with van der Waals surface area (Å²) < 4.78 is 21.2. The molecule has 2 aliphatic rings. The summed E-state index contributed by atoms with van der Waals surface area (Å²) in [5.74, 6) is 0.120. The molecule has 138 valence electrons. The monoisotopic (exact) mass is 359 g/mol. The molecular formula is C19H21NO6. The lowest BCUT2D eigenvalue weighted by atomic mass is 9.77. The summed E-state index contributed by atoms with van der Waals surface area (Å²) >= 11 is 0. The number of hydrogen-bond donors (Lipinski definition) is 1. The van der Waals surface area contributed by atoms with E-state index in [0.29, 0.717) is 47.7 Å². The van der Waals surface area contributed by atoms with Gasteiger partial charge >= 0.3 is 5.97 Å². The smallest absolute Gasteiger partial charge is 0.340 e. The zero-order valence-corrected chi connectivity index (χ0v) is 15.0. The Kier molecular flexibility index (Phi) is 4.88. The zero-order chi connectivity index (χ0) is 18.8. The van der Waals surface area contributed by atoms with Crippen LogP contribution in [0.15, 0.2) is 41.0 Å². The van der Waals surface area contributed by atoms with Gasteiger partial charge in [-0.15, -0.1) is 0 Å². The first-order chi connectivity index (χ1) is 12.5.